The molecule has 6 heteroatoms. The molecular formula is C24H24N4O2. The standard InChI is InChI=1S/C24H24N4O2/c29-23-12-20(15-28(23)22-10-9-18-7-4-8-19(18)11-22)24(30)26-21-13-25-27(16-21)14-17-5-2-1-3-6-17/h1-3,5-6,9-11,13,16,20H,4,7-8,12,14-15H2,(H,26,30)/t20-/m0/s1. The molecule has 0 saturated carbocycles. The van der Waals surface area contributed by atoms with Gasteiger partial charge in [-0.05, 0) is 48.1 Å². The summed E-state index contributed by atoms with van der Waals surface area (Å²) in [7, 11) is 0. The van der Waals surface area contributed by atoms with Gasteiger partial charge in [0.1, 0.15) is 0 Å². The molecule has 0 unspecified atom stereocenters. The molecule has 1 aliphatic carbocycles. The zero-order valence-corrected chi connectivity index (χ0v) is 16.8. The molecule has 1 atom stereocenters. The molecule has 3 aromatic rings. The first-order valence-corrected chi connectivity index (χ1v) is 10.4. The van der Waals surface area contributed by atoms with Crippen molar-refractivity contribution >= 4 is 23.2 Å². The number of nitrogens with one attached hydrogen (secondary N) is 1. The summed E-state index contributed by atoms with van der Waals surface area (Å²) in [4.78, 5) is 27.1. The summed E-state index contributed by atoms with van der Waals surface area (Å²) in [5.74, 6) is -0.484. The van der Waals surface area contributed by atoms with Crippen LogP contribution in [0.4, 0.5) is 11.4 Å². The Kier molecular flexibility index (Phi) is 4.83. The molecule has 2 amide bonds. The maximum atomic E-state index is 12.8. The van der Waals surface area contributed by atoms with Gasteiger partial charge in [-0.2, -0.15) is 5.10 Å². The van der Waals surface area contributed by atoms with Crippen LogP contribution in [0.15, 0.2) is 60.9 Å². The number of carbonyl (C=O) groups excluding carboxylic acids is 2. The molecule has 6 nitrogen and oxygen atoms in total. The summed E-state index contributed by atoms with van der Waals surface area (Å²) in [6, 6.07) is 16.3. The van der Waals surface area contributed by atoms with Crippen molar-refractivity contribution in [2.45, 2.75) is 32.2 Å². The summed E-state index contributed by atoms with van der Waals surface area (Å²) in [5.41, 5.74) is 5.42. The molecule has 0 bridgehead atoms. The Hall–Kier alpha value is -3.41. The van der Waals surface area contributed by atoms with Crippen LogP contribution in [-0.4, -0.2) is 28.1 Å². The van der Waals surface area contributed by atoms with Gasteiger partial charge in [0.05, 0.1) is 24.3 Å². The largest absolute Gasteiger partial charge is 0.323 e. The second-order valence-electron chi connectivity index (χ2n) is 8.11. The number of hydrogen-bond acceptors (Lipinski definition) is 3. The van der Waals surface area contributed by atoms with Gasteiger partial charge in [0.25, 0.3) is 0 Å². The van der Waals surface area contributed by atoms with Crippen molar-refractivity contribution in [2.24, 2.45) is 5.92 Å². The topological polar surface area (TPSA) is 67.2 Å². The van der Waals surface area contributed by atoms with Crippen molar-refractivity contribution < 1.29 is 9.59 Å². The molecule has 1 fully saturated rings. The molecule has 0 spiro atoms. The molecule has 152 valence electrons. The molecule has 2 aromatic carbocycles. The van der Waals surface area contributed by atoms with E-state index < -0.39 is 0 Å². The first-order valence-electron chi connectivity index (χ1n) is 10.4. The second-order valence-corrected chi connectivity index (χ2v) is 8.11. The molecule has 30 heavy (non-hydrogen) atoms. The Labute approximate surface area is 175 Å². The molecule has 1 N–H and O–H groups in total. The number of hydrogen-bond donors (Lipinski definition) is 1. The van der Waals surface area contributed by atoms with Gasteiger partial charge in [-0.15, -0.1) is 0 Å². The summed E-state index contributed by atoms with van der Waals surface area (Å²) < 4.78 is 1.79. The smallest absolute Gasteiger partial charge is 0.229 e. The zero-order valence-electron chi connectivity index (χ0n) is 16.8. The van der Waals surface area contributed by atoms with Crippen molar-refractivity contribution in [3.63, 3.8) is 0 Å². The van der Waals surface area contributed by atoms with Gasteiger partial charge in [0.2, 0.25) is 11.8 Å². The minimum Gasteiger partial charge on any atom is -0.323 e. The van der Waals surface area contributed by atoms with Crippen molar-refractivity contribution in [1.82, 2.24) is 9.78 Å². The predicted molar refractivity (Wildman–Crippen MR) is 115 cm³/mol. The number of anilines is 2. The lowest BCUT2D eigenvalue weighted by molar-refractivity contribution is -0.122. The third kappa shape index (κ3) is 3.73. The van der Waals surface area contributed by atoms with E-state index in [0.717, 1.165) is 24.1 Å². The van der Waals surface area contributed by atoms with Crippen LogP contribution in [0.5, 0.6) is 0 Å². The monoisotopic (exact) mass is 400 g/mol. The normalized spacial score (nSPS) is 17.9. The number of amides is 2. The van der Waals surface area contributed by atoms with E-state index in [-0.39, 0.29) is 24.2 Å². The highest BCUT2D eigenvalue weighted by Crippen LogP contribution is 2.31. The summed E-state index contributed by atoms with van der Waals surface area (Å²) in [5, 5.41) is 7.25. The van der Waals surface area contributed by atoms with Gasteiger partial charge in [0.15, 0.2) is 0 Å². The average Bonchev–Trinajstić information content (AvgIpc) is 3.48. The number of rotatable bonds is 5. The van der Waals surface area contributed by atoms with E-state index in [4.69, 9.17) is 0 Å². The van der Waals surface area contributed by atoms with Crippen LogP contribution in [0.2, 0.25) is 0 Å². The molecule has 1 aromatic heterocycles. The van der Waals surface area contributed by atoms with E-state index in [1.807, 2.05) is 42.6 Å². The second kappa shape index (κ2) is 7.78. The van der Waals surface area contributed by atoms with Crippen LogP contribution in [0, 0.1) is 5.92 Å². The Morgan fingerprint density at radius 1 is 1.10 bits per heavy atom. The maximum Gasteiger partial charge on any atom is 0.229 e. The van der Waals surface area contributed by atoms with Crippen LogP contribution in [0.3, 0.4) is 0 Å². The minimum absolute atomic E-state index is 0.00729. The van der Waals surface area contributed by atoms with E-state index in [1.165, 1.54) is 17.5 Å². The number of aryl methyl sites for hydroxylation is 2. The fraction of sp³-hybridized carbons (Fsp3) is 0.292. The predicted octanol–water partition coefficient (Wildman–Crippen LogP) is 3.41. The maximum absolute atomic E-state index is 12.8. The first-order chi connectivity index (χ1) is 14.7. The Morgan fingerprint density at radius 2 is 1.93 bits per heavy atom. The van der Waals surface area contributed by atoms with Crippen molar-refractivity contribution in [3.05, 3.63) is 77.6 Å². The SMILES string of the molecule is O=C(Nc1cnn(Cc2ccccc2)c1)[C@H]1CC(=O)N(c2ccc3c(c2)CCC3)C1. The molecule has 5 rings (SSSR count). The number of benzene rings is 2. The summed E-state index contributed by atoms with van der Waals surface area (Å²) in [6.07, 6.45) is 7.07. The lowest BCUT2D eigenvalue weighted by Gasteiger charge is -2.18. The fourth-order valence-electron chi connectivity index (χ4n) is 4.39. The molecule has 1 saturated heterocycles. The van der Waals surface area contributed by atoms with Gasteiger partial charge in [0, 0.05) is 24.8 Å². The number of carbonyl (C=O) groups is 2. The highest BCUT2D eigenvalue weighted by Gasteiger charge is 2.35. The molecule has 1 aliphatic heterocycles. The van der Waals surface area contributed by atoms with Crippen LogP contribution in [0.1, 0.15) is 29.5 Å². The Morgan fingerprint density at radius 3 is 2.80 bits per heavy atom. The summed E-state index contributed by atoms with van der Waals surface area (Å²) in [6.45, 7) is 1.06. The van der Waals surface area contributed by atoms with Crippen molar-refractivity contribution in [3.8, 4) is 0 Å². The van der Waals surface area contributed by atoms with E-state index in [9.17, 15) is 9.59 Å². The average molecular weight is 400 g/mol. The lowest BCUT2D eigenvalue weighted by atomic mass is 10.1. The van der Waals surface area contributed by atoms with Crippen molar-refractivity contribution in [1.29, 1.82) is 0 Å². The number of fused-ring (bicyclic) bond motifs is 1. The lowest BCUT2D eigenvalue weighted by Crippen LogP contribution is -2.28. The Bertz CT molecular complexity index is 1090. The van der Waals surface area contributed by atoms with E-state index >= 15 is 0 Å². The van der Waals surface area contributed by atoms with E-state index in [1.54, 1.807) is 15.8 Å². The molecule has 2 aliphatic rings. The fourth-order valence-corrected chi connectivity index (χ4v) is 4.39. The highest BCUT2D eigenvalue weighted by molar-refractivity contribution is 6.03. The third-order valence-electron chi connectivity index (χ3n) is 5.98. The summed E-state index contributed by atoms with van der Waals surface area (Å²) >= 11 is 0. The van der Waals surface area contributed by atoms with Crippen LogP contribution >= 0.6 is 0 Å². The van der Waals surface area contributed by atoms with Gasteiger partial charge in [-0.1, -0.05) is 36.4 Å². The van der Waals surface area contributed by atoms with Gasteiger partial charge < -0.3 is 10.2 Å². The molecule has 0 radical (unpaired) electrons. The van der Waals surface area contributed by atoms with Gasteiger partial charge in [-0.25, -0.2) is 0 Å². The van der Waals surface area contributed by atoms with Gasteiger partial charge >= 0.3 is 0 Å². The van der Waals surface area contributed by atoms with E-state index in [0.29, 0.717) is 18.8 Å². The quantitative estimate of drug-likeness (QED) is 0.714. The van der Waals surface area contributed by atoms with Crippen molar-refractivity contribution in [2.75, 3.05) is 16.8 Å². The van der Waals surface area contributed by atoms with Gasteiger partial charge in [-0.3, -0.25) is 14.3 Å². The molecular weight excluding hydrogens is 376 g/mol. The van der Waals surface area contributed by atoms with Crippen LogP contribution in [0.25, 0.3) is 0 Å². The first kappa shape index (κ1) is 18.6. The number of aromatic nitrogens is 2. The minimum atomic E-state index is -0.358. The Balaban J connectivity index is 1.22. The number of nitrogens with zero attached hydrogens (tertiary/aromatic N) is 3. The van der Waals surface area contributed by atoms with Crippen LogP contribution < -0.4 is 10.2 Å². The van der Waals surface area contributed by atoms with Crippen LogP contribution in [-0.2, 0) is 29.0 Å². The zero-order chi connectivity index (χ0) is 20.5. The highest BCUT2D eigenvalue weighted by atomic mass is 16.2. The third-order valence-corrected chi connectivity index (χ3v) is 5.98. The molecule has 2 heterocycles. The van der Waals surface area contributed by atoms with E-state index in [2.05, 4.69) is 22.5 Å².